The third-order valence-electron chi connectivity index (χ3n) is 4.26. The van der Waals surface area contributed by atoms with Gasteiger partial charge in [0.25, 0.3) is 0 Å². The highest BCUT2D eigenvalue weighted by atomic mass is 16.5. The first kappa shape index (κ1) is 20.3. The molecule has 0 saturated heterocycles. The van der Waals surface area contributed by atoms with Crippen LogP contribution in [0.5, 0.6) is 11.5 Å². The predicted molar refractivity (Wildman–Crippen MR) is 116 cm³/mol. The molecule has 29 heavy (non-hydrogen) atoms. The smallest absolute Gasteiger partial charge is 0.322 e. The predicted octanol–water partition coefficient (Wildman–Crippen LogP) is 4.88. The van der Waals surface area contributed by atoms with E-state index in [0.29, 0.717) is 26.3 Å². The fourth-order valence-electron chi connectivity index (χ4n) is 2.90. The van der Waals surface area contributed by atoms with Gasteiger partial charge < -0.3 is 14.8 Å². The fraction of sp³-hybridized carbons (Fsp3) is 0.208. The summed E-state index contributed by atoms with van der Waals surface area (Å²) in [5.41, 5.74) is 1.91. The number of hydrogen-bond acceptors (Lipinski definition) is 3. The summed E-state index contributed by atoms with van der Waals surface area (Å²) >= 11 is 0. The lowest BCUT2D eigenvalue weighted by atomic mass is 10.2. The Morgan fingerprint density at radius 2 is 1.52 bits per heavy atom. The Bertz CT molecular complexity index is 885. The normalized spacial score (nSPS) is 10.2. The van der Waals surface area contributed by atoms with Gasteiger partial charge >= 0.3 is 6.03 Å². The van der Waals surface area contributed by atoms with Crippen molar-refractivity contribution in [2.24, 2.45) is 0 Å². The van der Waals surface area contributed by atoms with E-state index in [1.807, 2.05) is 91.9 Å². The van der Waals surface area contributed by atoms with Crippen LogP contribution in [0, 0.1) is 0 Å². The molecule has 0 spiro atoms. The van der Waals surface area contributed by atoms with Gasteiger partial charge in [0.1, 0.15) is 18.1 Å². The molecule has 3 aromatic rings. The zero-order chi connectivity index (χ0) is 20.3. The van der Waals surface area contributed by atoms with Crippen LogP contribution in [0.3, 0.4) is 0 Å². The molecular weight excluding hydrogens is 364 g/mol. The van der Waals surface area contributed by atoms with Crippen molar-refractivity contribution in [2.45, 2.75) is 13.5 Å². The molecule has 3 aromatic carbocycles. The molecule has 0 aromatic heterocycles. The van der Waals surface area contributed by atoms with Crippen molar-refractivity contribution in [2.75, 3.05) is 24.7 Å². The molecule has 0 atom stereocenters. The first-order chi connectivity index (χ1) is 14.3. The summed E-state index contributed by atoms with van der Waals surface area (Å²) in [6.07, 6.45) is 0. The van der Waals surface area contributed by atoms with E-state index < -0.39 is 0 Å². The van der Waals surface area contributed by atoms with Crippen LogP contribution in [0.15, 0.2) is 84.9 Å². The number of anilines is 1. The van der Waals surface area contributed by atoms with Crippen molar-refractivity contribution in [1.29, 1.82) is 0 Å². The van der Waals surface area contributed by atoms with Gasteiger partial charge in [0.05, 0.1) is 19.7 Å². The number of carbonyl (C=O) groups is 1. The number of carbonyl (C=O) groups excluding carboxylic acids is 1. The molecule has 0 unspecified atom stereocenters. The van der Waals surface area contributed by atoms with Crippen molar-refractivity contribution >= 4 is 11.7 Å². The summed E-state index contributed by atoms with van der Waals surface area (Å²) in [4.78, 5) is 14.6. The zero-order valence-electron chi connectivity index (χ0n) is 16.6. The van der Waals surface area contributed by atoms with Crippen molar-refractivity contribution in [3.63, 3.8) is 0 Å². The number of para-hydroxylation sites is 1. The molecule has 3 rings (SSSR count). The van der Waals surface area contributed by atoms with Crippen LogP contribution in [0.2, 0.25) is 0 Å². The fourth-order valence-corrected chi connectivity index (χ4v) is 2.90. The summed E-state index contributed by atoms with van der Waals surface area (Å²) < 4.78 is 11.2. The Balaban J connectivity index is 1.56. The van der Waals surface area contributed by atoms with Gasteiger partial charge in [0.2, 0.25) is 0 Å². The van der Waals surface area contributed by atoms with Gasteiger partial charge in [-0.15, -0.1) is 0 Å². The molecule has 0 saturated carbocycles. The second-order valence-electron chi connectivity index (χ2n) is 6.40. The van der Waals surface area contributed by atoms with E-state index in [0.717, 1.165) is 22.7 Å². The highest BCUT2D eigenvalue weighted by Gasteiger charge is 2.15. The SMILES string of the molecule is CCOc1cccc(OCCNC(=O)N(Cc2ccccc2)c2ccccc2)c1. The summed E-state index contributed by atoms with van der Waals surface area (Å²) in [6.45, 7) is 3.81. The van der Waals surface area contributed by atoms with Crippen LogP contribution in [0.4, 0.5) is 10.5 Å². The van der Waals surface area contributed by atoms with Crippen LogP contribution in [0.25, 0.3) is 0 Å². The monoisotopic (exact) mass is 390 g/mol. The first-order valence-corrected chi connectivity index (χ1v) is 9.76. The largest absolute Gasteiger partial charge is 0.494 e. The molecule has 0 bridgehead atoms. The minimum absolute atomic E-state index is 0.160. The van der Waals surface area contributed by atoms with Gasteiger partial charge in [-0.25, -0.2) is 4.79 Å². The number of hydrogen-bond donors (Lipinski definition) is 1. The quantitative estimate of drug-likeness (QED) is 0.530. The highest BCUT2D eigenvalue weighted by Crippen LogP contribution is 2.19. The van der Waals surface area contributed by atoms with E-state index in [-0.39, 0.29) is 6.03 Å². The van der Waals surface area contributed by atoms with Gasteiger partial charge in [-0.3, -0.25) is 4.90 Å². The molecule has 1 N–H and O–H groups in total. The second-order valence-corrected chi connectivity index (χ2v) is 6.40. The topological polar surface area (TPSA) is 50.8 Å². The number of ether oxygens (including phenoxy) is 2. The molecule has 5 nitrogen and oxygen atoms in total. The zero-order valence-corrected chi connectivity index (χ0v) is 16.6. The Morgan fingerprint density at radius 3 is 2.21 bits per heavy atom. The molecule has 0 aliphatic heterocycles. The van der Waals surface area contributed by atoms with E-state index in [9.17, 15) is 4.79 Å². The lowest BCUT2D eigenvalue weighted by Gasteiger charge is -2.23. The number of amides is 2. The average molecular weight is 390 g/mol. The minimum atomic E-state index is -0.160. The van der Waals surface area contributed by atoms with Crippen molar-refractivity contribution in [1.82, 2.24) is 5.32 Å². The van der Waals surface area contributed by atoms with E-state index in [1.54, 1.807) is 4.90 Å². The van der Waals surface area contributed by atoms with E-state index in [1.165, 1.54) is 0 Å². The van der Waals surface area contributed by atoms with Crippen LogP contribution in [-0.4, -0.2) is 25.8 Å². The maximum Gasteiger partial charge on any atom is 0.322 e. The van der Waals surface area contributed by atoms with Crippen molar-refractivity contribution in [3.05, 3.63) is 90.5 Å². The number of rotatable bonds is 9. The minimum Gasteiger partial charge on any atom is -0.494 e. The molecule has 0 fully saturated rings. The lowest BCUT2D eigenvalue weighted by molar-refractivity contribution is 0.241. The van der Waals surface area contributed by atoms with Gasteiger partial charge in [-0.05, 0) is 36.8 Å². The van der Waals surface area contributed by atoms with Crippen molar-refractivity contribution < 1.29 is 14.3 Å². The summed E-state index contributed by atoms with van der Waals surface area (Å²) in [6, 6.07) is 26.9. The van der Waals surface area contributed by atoms with Crippen LogP contribution >= 0.6 is 0 Å². The third-order valence-corrected chi connectivity index (χ3v) is 4.26. The molecule has 0 heterocycles. The molecule has 2 amide bonds. The second kappa shape index (κ2) is 10.8. The number of benzene rings is 3. The number of urea groups is 1. The molecule has 0 aliphatic carbocycles. The van der Waals surface area contributed by atoms with Crippen LogP contribution in [0.1, 0.15) is 12.5 Å². The number of nitrogens with one attached hydrogen (secondary N) is 1. The molecular formula is C24H26N2O3. The standard InChI is InChI=1S/C24H26N2O3/c1-2-28-22-14-9-15-23(18-22)29-17-16-25-24(27)26(21-12-7-4-8-13-21)19-20-10-5-3-6-11-20/h3-15,18H,2,16-17,19H2,1H3,(H,25,27). The summed E-state index contributed by atoms with van der Waals surface area (Å²) in [5.74, 6) is 1.49. The molecule has 0 aliphatic rings. The maximum atomic E-state index is 12.8. The average Bonchev–Trinajstić information content (AvgIpc) is 2.77. The van der Waals surface area contributed by atoms with Gasteiger partial charge in [0.15, 0.2) is 0 Å². The van der Waals surface area contributed by atoms with E-state index in [4.69, 9.17) is 9.47 Å². The Labute approximate surface area is 171 Å². The highest BCUT2D eigenvalue weighted by molar-refractivity contribution is 5.91. The Hall–Kier alpha value is -3.47. The molecule has 0 radical (unpaired) electrons. The lowest BCUT2D eigenvalue weighted by Crippen LogP contribution is -2.41. The van der Waals surface area contributed by atoms with E-state index in [2.05, 4.69) is 5.32 Å². The van der Waals surface area contributed by atoms with Crippen LogP contribution < -0.4 is 19.7 Å². The molecule has 5 heteroatoms. The number of nitrogens with zero attached hydrogens (tertiary/aromatic N) is 1. The van der Waals surface area contributed by atoms with Gasteiger partial charge in [0, 0.05) is 11.8 Å². The van der Waals surface area contributed by atoms with Crippen LogP contribution in [-0.2, 0) is 6.54 Å². The van der Waals surface area contributed by atoms with Gasteiger partial charge in [-0.1, -0.05) is 54.6 Å². The van der Waals surface area contributed by atoms with Crippen molar-refractivity contribution in [3.8, 4) is 11.5 Å². The Morgan fingerprint density at radius 1 is 0.862 bits per heavy atom. The van der Waals surface area contributed by atoms with Gasteiger partial charge in [-0.2, -0.15) is 0 Å². The Kier molecular flexibility index (Phi) is 7.52. The maximum absolute atomic E-state index is 12.8. The summed E-state index contributed by atoms with van der Waals surface area (Å²) in [7, 11) is 0. The summed E-state index contributed by atoms with van der Waals surface area (Å²) in [5, 5.41) is 2.94. The van der Waals surface area contributed by atoms with E-state index >= 15 is 0 Å². The first-order valence-electron chi connectivity index (χ1n) is 9.76. The molecule has 150 valence electrons. The third kappa shape index (κ3) is 6.28.